The van der Waals surface area contributed by atoms with Crippen molar-refractivity contribution >= 4 is 17.4 Å². The third-order valence-electron chi connectivity index (χ3n) is 0.949. The Balaban J connectivity index is 3.09. The van der Waals surface area contributed by atoms with Crippen molar-refractivity contribution in [2.24, 2.45) is 5.84 Å². The van der Waals surface area contributed by atoms with E-state index >= 15 is 0 Å². The molecule has 1 rings (SSSR count). The van der Waals surface area contributed by atoms with Crippen molar-refractivity contribution in [1.29, 1.82) is 0 Å². The van der Waals surface area contributed by atoms with Gasteiger partial charge in [0.15, 0.2) is 5.82 Å². The highest BCUT2D eigenvalue weighted by Crippen LogP contribution is 2.16. The lowest BCUT2D eigenvalue weighted by Gasteiger charge is -1.99. The normalized spacial score (nSPS) is 9.50. The molecule has 0 unspecified atom stereocenters. The van der Waals surface area contributed by atoms with Gasteiger partial charge in [-0.25, -0.2) is 5.84 Å². The van der Waals surface area contributed by atoms with E-state index in [2.05, 4.69) is 10.4 Å². The predicted molar refractivity (Wildman–Crippen MR) is 37.0 cm³/mol. The van der Waals surface area contributed by atoms with E-state index in [1.54, 1.807) is 0 Å². The minimum atomic E-state index is -0.614. The molecule has 0 aromatic carbocycles. The van der Waals surface area contributed by atoms with Crippen LogP contribution in [0.25, 0.3) is 0 Å². The molecule has 54 valence electrons. The van der Waals surface area contributed by atoms with Gasteiger partial charge in [-0.3, -0.25) is 0 Å². The topological polar surface area (TPSA) is 50.9 Å². The van der Waals surface area contributed by atoms with Gasteiger partial charge in [0.25, 0.3) is 0 Å². The second-order valence-corrected chi connectivity index (χ2v) is 2.02. The van der Waals surface area contributed by atoms with Crippen LogP contribution in [0, 0.1) is 5.95 Å². The molecule has 3 N–H and O–H groups in total. The lowest BCUT2D eigenvalue weighted by molar-refractivity contribution is 0.585. The van der Waals surface area contributed by atoms with Crippen LogP contribution in [0.2, 0.25) is 5.02 Å². The zero-order valence-electron chi connectivity index (χ0n) is 4.94. The Kier molecular flexibility index (Phi) is 2.03. The van der Waals surface area contributed by atoms with Gasteiger partial charge >= 0.3 is 0 Å². The molecule has 5 heteroatoms. The summed E-state index contributed by atoms with van der Waals surface area (Å²) in [7, 11) is 0. The van der Waals surface area contributed by atoms with Crippen LogP contribution in [0.3, 0.4) is 0 Å². The van der Waals surface area contributed by atoms with Crippen molar-refractivity contribution in [3.8, 4) is 0 Å². The molecule has 1 aromatic heterocycles. The number of hydrazine groups is 1. The first kappa shape index (κ1) is 7.24. The molecule has 0 aliphatic heterocycles. The zero-order chi connectivity index (χ0) is 7.56. The Bertz CT molecular complexity index is 240. The molecule has 1 aromatic rings. The van der Waals surface area contributed by atoms with E-state index in [-0.39, 0.29) is 5.82 Å². The van der Waals surface area contributed by atoms with Crippen molar-refractivity contribution in [3.63, 3.8) is 0 Å². The fourth-order valence-electron chi connectivity index (χ4n) is 0.520. The molecule has 1 heterocycles. The number of nitrogens with two attached hydrogens (primary N) is 1. The van der Waals surface area contributed by atoms with Crippen molar-refractivity contribution in [2.45, 2.75) is 0 Å². The number of hydrogen-bond acceptors (Lipinski definition) is 3. The minimum Gasteiger partial charge on any atom is -0.307 e. The molecule has 0 saturated carbocycles. The van der Waals surface area contributed by atoms with Crippen molar-refractivity contribution in [1.82, 2.24) is 4.98 Å². The summed E-state index contributed by atoms with van der Waals surface area (Å²) in [4.78, 5) is 3.36. The van der Waals surface area contributed by atoms with Gasteiger partial charge in [-0.05, 0) is 12.1 Å². The second kappa shape index (κ2) is 2.81. The Morgan fingerprint density at radius 2 is 2.30 bits per heavy atom. The maximum atomic E-state index is 12.3. The van der Waals surface area contributed by atoms with Gasteiger partial charge in [-0.1, -0.05) is 11.6 Å². The Labute approximate surface area is 62.0 Å². The SMILES string of the molecule is NNc1nc(F)ccc1Cl. The number of rotatable bonds is 1. The molecule has 0 aliphatic rings. The van der Waals surface area contributed by atoms with Gasteiger partial charge < -0.3 is 5.43 Å². The van der Waals surface area contributed by atoms with E-state index in [1.165, 1.54) is 6.07 Å². The van der Waals surface area contributed by atoms with Crippen LogP contribution in [-0.4, -0.2) is 4.98 Å². The van der Waals surface area contributed by atoms with E-state index in [0.29, 0.717) is 5.02 Å². The van der Waals surface area contributed by atoms with Crippen molar-refractivity contribution < 1.29 is 4.39 Å². The number of anilines is 1. The summed E-state index contributed by atoms with van der Waals surface area (Å²) in [6.45, 7) is 0. The number of nitrogens with zero attached hydrogens (tertiary/aromatic N) is 1. The predicted octanol–water partition coefficient (Wildman–Crippen LogP) is 1.16. The van der Waals surface area contributed by atoms with Crippen LogP contribution < -0.4 is 11.3 Å². The maximum Gasteiger partial charge on any atom is 0.214 e. The largest absolute Gasteiger partial charge is 0.307 e. The number of pyridine rings is 1. The molecule has 10 heavy (non-hydrogen) atoms. The monoisotopic (exact) mass is 161 g/mol. The van der Waals surface area contributed by atoms with Gasteiger partial charge in [0.1, 0.15) is 0 Å². The van der Waals surface area contributed by atoms with Crippen LogP contribution in [0.1, 0.15) is 0 Å². The summed E-state index contributed by atoms with van der Waals surface area (Å²) >= 11 is 5.52. The van der Waals surface area contributed by atoms with E-state index in [9.17, 15) is 4.39 Å². The summed E-state index contributed by atoms with van der Waals surface area (Å²) in [5.74, 6) is 4.48. The lowest BCUT2D eigenvalue weighted by atomic mass is 10.4. The number of halogens is 2. The van der Waals surface area contributed by atoms with E-state index in [4.69, 9.17) is 17.4 Å². The molecular weight excluding hydrogens is 157 g/mol. The molecule has 0 spiro atoms. The first-order chi connectivity index (χ1) is 4.74. The van der Waals surface area contributed by atoms with Crippen LogP contribution in [0.4, 0.5) is 10.2 Å². The van der Waals surface area contributed by atoms with Crippen molar-refractivity contribution in [3.05, 3.63) is 23.1 Å². The fraction of sp³-hybridized carbons (Fsp3) is 0. The van der Waals surface area contributed by atoms with E-state index in [0.717, 1.165) is 6.07 Å². The number of aromatic nitrogens is 1. The molecule has 0 aliphatic carbocycles. The van der Waals surface area contributed by atoms with E-state index in [1.807, 2.05) is 0 Å². The number of nitrogen functional groups attached to an aromatic ring is 1. The highest BCUT2D eigenvalue weighted by Gasteiger charge is 1.99. The van der Waals surface area contributed by atoms with Crippen LogP contribution in [0.5, 0.6) is 0 Å². The molecule has 0 atom stereocenters. The standard InChI is InChI=1S/C5H5ClFN3/c6-3-1-2-4(7)9-5(3)10-8/h1-2H,8H2,(H,9,10). The second-order valence-electron chi connectivity index (χ2n) is 1.61. The van der Waals surface area contributed by atoms with Crippen LogP contribution in [-0.2, 0) is 0 Å². The average molecular weight is 162 g/mol. The highest BCUT2D eigenvalue weighted by molar-refractivity contribution is 6.32. The van der Waals surface area contributed by atoms with Gasteiger partial charge in [0, 0.05) is 0 Å². The fourth-order valence-corrected chi connectivity index (χ4v) is 0.679. The molecule has 3 nitrogen and oxygen atoms in total. The quantitative estimate of drug-likeness (QED) is 0.369. The molecule has 0 saturated heterocycles. The summed E-state index contributed by atoms with van der Waals surface area (Å²) in [5.41, 5.74) is 2.15. The molecular formula is C5H5ClFN3. The van der Waals surface area contributed by atoms with Crippen LogP contribution >= 0.6 is 11.6 Å². The summed E-state index contributed by atoms with van der Waals surface area (Å²) in [5, 5.41) is 0.295. The van der Waals surface area contributed by atoms with Gasteiger partial charge in [0.05, 0.1) is 5.02 Å². The Morgan fingerprint density at radius 3 is 2.80 bits per heavy atom. The average Bonchev–Trinajstić information content (AvgIpc) is 1.94. The first-order valence-corrected chi connectivity index (χ1v) is 2.90. The zero-order valence-corrected chi connectivity index (χ0v) is 5.69. The summed E-state index contributed by atoms with van der Waals surface area (Å²) in [6.07, 6.45) is 0. The maximum absolute atomic E-state index is 12.3. The molecule has 0 radical (unpaired) electrons. The van der Waals surface area contributed by atoms with Gasteiger partial charge in [-0.2, -0.15) is 9.37 Å². The molecule has 0 fully saturated rings. The molecule has 0 bridgehead atoms. The third kappa shape index (κ3) is 1.34. The Hall–Kier alpha value is -0.870. The first-order valence-electron chi connectivity index (χ1n) is 2.52. The highest BCUT2D eigenvalue weighted by atomic mass is 35.5. The van der Waals surface area contributed by atoms with Crippen LogP contribution in [0.15, 0.2) is 12.1 Å². The van der Waals surface area contributed by atoms with Gasteiger partial charge in [0.2, 0.25) is 5.95 Å². The van der Waals surface area contributed by atoms with Gasteiger partial charge in [-0.15, -0.1) is 0 Å². The van der Waals surface area contributed by atoms with Crippen molar-refractivity contribution in [2.75, 3.05) is 5.43 Å². The lowest BCUT2D eigenvalue weighted by Crippen LogP contribution is -2.09. The summed E-state index contributed by atoms with van der Waals surface area (Å²) in [6, 6.07) is 2.53. The molecule has 0 amide bonds. The summed E-state index contributed by atoms with van der Waals surface area (Å²) < 4.78 is 12.3. The third-order valence-corrected chi connectivity index (χ3v) is 1.25. The number of nitrogens with one attached hydrogen (secondary N) is 1. The smallest absolute Gasteiger partial charge is 0.214 e. The van der Waals surface area contributed by atoms with E-state index < -0.39 is 5.95 Å². The number of hydrogen-bond donors (Lipinski definition) is 2. The minimum absolute atomic E-state index is 0.140. The Morgan fingerprint density at radius 1 is 1.60 bits per heavy atom.